The zero-order valence-corrected chi connectivity index (χ0v) is 14.7. The minimum Gasteiger partial charge on any atom is -0.492 e. The van der Waals surface area contributed by atoms with Crippen molar-refractivity contribution in [3.63, 3.8) is 0 Å². The largest absolute Gasteiger partial charge is 0.492 e. The first kappa shape index (κ1) is 16.8. The molecular formula is C18H17Cl2N3O. The Hall–Kier alpha value is -2.04. The molecule has 0 aliphatic carbocycles. The molecule has 0 saturated heterocycles. The summed E-state index contributed by atoms with van der Waals surface area (Å²) in [4.78, 5) is 4.55. The Morgan fingerprint density at radius 3 is 2.75 bits per heavy atom. The third kappa shape index (κ3) is 4.08. The van der Waals surface area contributed by atoms with Gasteiger partial charge in [-0.2, -0.15) is 5.10 Å². The van der Waals surface area contributed by atoms with Crippen molar-refractivity contribution in [1.82, 2.24) is 15.2 Å². The number of benzene rings is 2. The van der Waals surface area contributed by atoms with Gasteiger partial charge in [-0.15, -0.1) is 0 Å². The van der Waals surface area contributed by atoms with Crippen LogP contribution in [0.3, 0.4) is 0 Å². The molecule has 3 rings (SSSR count). The number of hydrogen-bond donors (Lipinski definition) is 1. The van der Waals surface area contributed by atoms with Crippen molar-refractivity contribution in [2.75, 3.05) is 6.61 Å². The Bertz CT molecular complexity index is 833. The normalized spacial score (nSPS) is 10.8. The third-order valence-electron chi connectivity index (χ3n) is 3.63. The summed E-state index contributed by atoms with van der Waals surface area (Å²) in [5.74, 6) is 2.21. The van der Waals surface area contributed by atoms with E-state index in [1.807, 2.05) is 18.2 Å². The van der Waals surface area contributed by atoms with Crippen molar-refractivity contribution in [2.24, 2.45) is 0 Å². The molecular weight excluding hydrogens is 345 g/mol. The van der Waals surface area contributed by atoms with Crippen LogP contribution in [0.1, 0.15) is 17.8 Å². The summed E-state index contributed by atoms with van der Waals surface area (Å²) in [7, 11) is 0. The molecule has 1 heterocycles. The van der Waals surface area contributed by atoms with Crippen LogP contribution in [0.2, 0.25) is 10.0 Å². The van der Waals surface area contributed by atoms with Gasteiger partial charge in [0.25, 0.3) is 0 Å². The van der Waals surface area contributed by atoms with Gasteiger partial charge in [-0.05, 0) is 37.1 Å². The lowest BCUT2D eigenvalue weighted by atomic mass is 10.1. The molecule has 0 unspecified atom stereocenters. The van der Waals surface area contributed by atoms with Crippen molar-refractivity contribution in [1.29, 1.82) is 0 Å². The second-order valence-corrected chi connectivity index (χ2v) is 6.29. The van der Waals surface area contributed by atoms with Crippen LogP contribution in [0.5, 0.6) is 5.75 Å². The van der Waals surface area contributed by atoms with Crippen LogP contribution >= 0.6 is 23.2 Å². The number of halogens is 2. The highest BCUT2D eigenvalue weighted by Gasteiger charge is 2.08. The number of nitrogens with one attached hydrogen (secondary N) is 1. The number of aryl methyl sites for hydroxylation is 2. The molecule has 0 saturated carbocycles. The molecule has 0 radical (unpaired) electrons. The van der Waals surface area contributed by atoms with E-state index in [1.54, 1.807) is 18.2 Å². The van der Waals surface area contributed by atoms with Gasteiger partial charge in [-0.1, -0.05) is 47.5 Å². The standard InChI is InChI=1S/C18H17Cl2N3O/c1-12-5-2-3-6-14(12)18-21-17(22-23-18)7-4-10-24-16-9-8-13(19)11-15(16)20/h2-3,5-6,8-9,11H,4,7,10H2,1H3,(H,21,22,23). The second-order valence-electron chi connectivity index (χ2n) is 5.45. The topological polar surface area (TPSA) is 50.8 Å². The van der Waals surface area contributed by atoms with Gasteiger partial charge < -0.3 is 4.74 Å². The molecule has 0 fully saturated rings. The predicted molar refractivity (Wildman–Crippen MR) is 96.8 cm³/mol. The van der Waals surface area contributed by atoms with Gasteiger partial charge in [-0.3, -0.25) is 5.10 Å². The van der Waals surface area contributed by atoms with E-state index >= 15 is 0 Å². The van der Waals surface area contributed by atoms with Crippen LogP contribution in [0, 0.1) is 6.92 Å². The summed E-state index contributed by atoms with van der Waals surface area (Å²) in [5.41, 5.74) is 2.20. The summed E-state index contributed by atoms with van der Waals surface area (Å²) >= 11 is 11.9. The quantitative estimate of drug-likeness (QED) is 0.621. The lowest BCUT2D eigenvalue weighted by Crippen LogP contribution is -2.00. The molecule has 4 nitrogen and oxygen atoms in total. The molecule has 124 valence electrons. The minimum absolute atomic E-state index is 0.518. The zero-order valence-electron chi connectivity index (χ0n) is 13.2. The highest BCUT2D eigenvalue weighted by Crippen LogP contribution is 2.27. The molecule has 1 N–H and O–H groups in total. The maximum atomic E-state index is 6.07. The first-order chi connectivity index (χ1) is 11.6. The van der Waals surface area contributed by atoms with Crippen LogP contribution in [0.4, 0.5) is 0 Å². The maximum Gasteiger partial charge on any atom is 0.181 e. The van der Waals surface area contributed by atoms with Crippen LogP contribution in [-0.4, -0.2) is 21.8 Å². The highest BCUT2D eigenvalue weighted by atomic mass is 35.5. The fourth-order valence-electron chi connectivity index (χ4n) is 2.37. The molecule has 0 aliphatic heterocycles. The molecule has 0 amide bonds. The fourth-order valence-corrected chi connectivity index (χ4v) is 2.83. The molecule has 1 aromatic heterocycles. The van der Waals surface area contributed by atoms with Crippen molar-refractivity contribution >= 4 is 23.2 Å². The van der Waals surface area contributed by atoms with Crippen LogP contribution in [0.25, 0.3) is 11.4 Å². The summed E-state index contributed by atoms with van der Waals surface area (Å²) in [5, 5.41) is 8.40. The van der Waals surface area contributed by atoms with E-state index in [9.17, 15) is 0 Å². The first-order valence-electron chi connectivity index (χ1n) is 7.68. The Labute approximate surface area is 150 Å². The SMILES string of the molecule is Cc1ccccc1-c1n[nH]c(CCCOc2ccc(Cl)cc2Cl)n1. The molecule has 0 spiro atoms. The van der Waals surface area contributed by atoms with Gasteiger partial charge in [-0.25, -0.2) is 4.98 Å². The minimum atomic E-state index is 0.518. The number of ether oxygens (including phenoxy) is 1. The van der Waals surface area contributed by atoms with Gasteiger partial charge in [0.1, 0.15) is 11.6 Å². The van der Waals surface area contributed by atoms with Gasteiger partial charge in [0, 0.05) is 17.0 Å². The van der Waals surface area contributed by atoms with E-state index in [4.69, 9.17) is 27.9 Å². The number of rotatable bonds is 6. The molecule has 0 bridgehead atoms. The zero-order chi connectivity index (χ0) is 16.9. The lowest BCUT2D eigenvalue weighted by molar-refractivity contribution is 0.310. The summed E-state index contributed by atoms with van der Waals surface area (Å²) in [6.07, 6.45) is 1.56. The number of aromatic nitrogens is 3. The molecule has 2 aromatic carbocycles. The monoisotopic (exact) mass is 361 g/mol. The Morgan fingerprint density at radius 1 is 1.12 bits per heavy atom. The van der Waals surface area contributed by atoms with Gasteiger partial charge in [0.05, 0.1) is 11.6 Å². The van der Waals surface area contributed by atoms with E-state index in [-0.39, 0.29) is 0 Å². The van der Waals surface area contributed by atoms with Crippen molar-refractivity contribution < 1.29 is 4.74 Å². The second kappa shape index (κ2) is 7.69. The van der Waals surface area contributed by atoms with E-state index in [2.05, 4.69) is 28.2 Å². The van der Waals surface area contributed by atoms with Crippen molar-refractivity contribution in [2.45, 2.75) is 19.8 Å². The average molecular weight is 362 g/mol. The first-order valence-corrected chi connectivity index (χ1v) is 8.44. The van der Waals surface area contributed by atoms with E-state index < -0.39 is 0 Å². The third-order valence-corrected chi connectivity index (χ3v) is 4.16. The Balaban J connectivity index is 1.54. The van der Waals surface area contributed by atoms with E-state index in [1.165, 1.54) is 0 Å². The Kier molecular flexibility index (Phi) is 5.38. The van der Waals surface area contributed by atoms with E-state index in [0.29, 0.717) is 22.4 Å². The predicted octanol–water partition coefficient (Wildman–Crippen LogP) is 5.10. The van der Waals surface area contributed by atoms with Crippen LogP contribution in [0.15, 0.2) is 42.5 Å². The highest BCUT2D eigenvalue weighted by molar-refractivity contribution is 6.35. The molecule has 0 atom stereocenters. The summed E-state index contributed by atoms with van der Waals surface area (Å²) in [6, 6.07) is 13.3. The Morgan fingerprint density at radius 2 is 1.96 bits per heavy atom. The van der Waals surface area contributed by atoms with Crippen LogP contribution < -0.4 is 4.74 Å². The molecule has 24 heavy (non-hydrogen) atoms. The average Bonchev–Trinajstić information content (AvgIpc) is 3.02. The van der Waals surface area contributed by atoms with Crippen molar-refractivity contribution in [3.05, 3.63) is 63.9 Å². The number of H-pyrrole nitrogens is 1. The van der Waals surface area contributed by atoms with Gasteiger partial charge in [0.15, 0.2) is 5.82 Å². The molecule has 0 aliphatic rings. The van der Waals surface area contributed by atoms with Crippen molar-refractivity contribution in [3.8, 4) is 17.1 Å². The molecule has 6 heteroatoms. The van der Waals surface area contributed by atoms with Gasteiger partial charge >= 0.3 is 0 Å². The van der Waals surface area contributed by atoms with Crippen LogP contribution in [-0.2, 0) is 6.42 Å². The smallest absolute Gasteiger partial charge is 0.181 e. The lowest BCUT2D eigenvalue weighted by Gasteiger charge is -2.07. The number of hydrogen-bond acceptors (Lipinski definition) is 3. The number of nitrogens with zero attached hydrogens (tertiary/aromatic N) is 2. The summed E-state index contributed by atoms with van der Waals surface area (Å²) in [6.45, 7) is 2.59. The maximum absolute atomic E-state index is 6.07. The summed E-state index contributed by atoms with van der Waals surface area (Å²) < 4.78 is 5.67. The van der Waals surface area contributed by atoms with Gasteiger partial charge in [0.2, 0.25) is 0 Å². The fraction of sp³-hybridized carbons (Fsp3) is 0.222. The number of aromatic amines is 1. The van der Waals surface area contributed by atoms with E-state index in [0.717, 1.165) is 35.6 Å². The molecule has 3 aromatic rings.